The minimum Gasteiger partial charge on any atom is -0.481 e. The molecule has 3 rings (SSSR count). The molecule has 0 fully saturated rings. The smallest absolute Gasteiger partial charge is 0.214 e. The molecule has 0 bridgehead atoms. The normalized spacial score (nSPS) is 10.7. The number of ether oxygens (including phenoxy) is 1. The molecule has 0 radical (unpaired) electrons. The van der Waals surface area contributed by atoms with Crippen LogP contribution in [-0.2, 0) is 0 Å². The lowest BCUT2D eigenvalue weighted by atomic mass is 10.2. The predicted molar refractivity (Wildman–Crippen MR) is 86.0 cm³/mol. The highest BCUT2D eigenvalue weighted by molar-refractivity contribution is 7.23. The van der Waals surface area contributed by atoms with E-state index in [9.17, 15) is 9.18 Å². The van der Waals surface area contributed by atoms with Crippen LogP contribution >= 0.6 is 11.3 Å². The lowest BCUT2D eigenvalue weighted by Gasteiger charge is -2.06. The second kappa shape index (κ2) is 5.73. The topological polar surface area (TPSA) is 51.2 Å². The van der Waals surface area contributed by atoms with Crippen molar-refractivity contribution in [2.24, 2.45) is 0 Å². The number of halogens is 1. The van der Waals surface area contributed by atoms with Crippen LogP contribution in [0.15, 0.2) is 30.3 Å². The van der Waals surface area contributed by atoms with Gasteiger partial charge in [-0.05, 0) is 30.7 Å². The van der Waals surface area contributed by atoms with E-state index >= 15 is 0 Å². The molecule has 3 aromatic rings. The van der Waals surface area contributed by atoms with Crippen LogP contribution in [0.3, 0.4) is 0 Å². The fourth-order valence-corrected chi connectivity index (χ4v) is 3.19. The number of hydrogen-bond acceptors (Lipinski definition) is 5. The molecule has 0 saturated carbocycles. The van der Waals surface area contributed by atoms with Crippen molar-refractivity contribution in [2.75, 3.05) is 12.4 Å². The minimum atomic E-state index is -0.361. The SMILES string of the molecule is COc1ccc2c(C=O)c(Nc3ccc(C)cc3F)sc2n1. The fraction of sp³-hybridized carbons (Fsp3) is 0.125. The number of nitrogens with zero attached hydrogens (tertiary/aromatic N) is 1. The number of aldehydes is 1. The van der Waals surface area contributed by atoms with Crippen molar-refractivity contribution >= 4 is 38.5 Å². The average Bonchev–Trinajstić information content (AvgIpc) is 2.86. The molecule has 1 N–H and O–H groups in total. The number of benzene rings is 1. The van der Waals surface area contributed by atoms with Crippen LogP contribution in [0.2, 0.25) is 0 Å². The Bertz CT molecular complexity index is 861. The monoisotopic (exact) mass is 316 g/mol. The zero-order valence-electron chi connectivity index (χ0n) is 12.0. The Kier molecular flexibility index (Phi) is 3.77. The van der Waals surface area contributed by atoms with Crippen LogP contribution in [0.1, 0.15) is 15.9 Å². The zero-order valence-corrected chi connectivity index (χ0v) is 12.8. The van der Waals surface area contributed by atoms with Crippen LogP contribution < -0.4 is 10.1 Å². The molecule has 22 heavy (non-hydrogen) atoms. The molecule has 0 aliphatic rings. The summed E-state index contributed by atoms with van der Waals surface area (Å²) >= 11 is 1.29. The molecule has 112 valence electrons. The highest BCUT2D eigenvalue weighted by Crippen LogP contribution is 2.36. The van der Waals surface area contributed by atoms with E-state index in [0.29, 0.717) is 27.0 Å². The molecule has 4 nitrogen and oxygen atoms in total. The molecular weight excluding hydrogens is 303 g/mol. The number of anilines is 2. The first-order valence-electron chi connectivity index (χ1n) is 6.58. The van der Waals surface area contributed by atoms with E-state index < -0.39 is 0 Å². The van der Waals surface area contributed by atoms with Crippen LogP contribution in [-0.4, -0.2) is 18.4 Å². The van der Waals surface area contributed by atoms with E-state index in [-0.39, 0.29) is 5.82 Å². The summed E-state index contributed by atoms with van der Waals surface area (Å²) in [4.78, 5) is 16.4. The Morgan fingerprint density at radius 1 is 1.32 bits per heavy atom. The third kappa shape index (κ3) is 2.53. The summed E-state index contributed by atoms with van der Waals surface area (Å²) in [7, 11) is 1.53. The zero-order chi connectivity index (χ0) is 15.7. The number of aromatic nitrogens is 1. The van der Waals surface area contributed by atoms with Gasteiger partial charge in [0, 0.05) is 11.5 Å². The van der Waals surface area contributed by atoms with Crippen molar-refractivity contribution in [1.29, 1.82) is 0 Å². The third-order valence-electron chi connectivity index (χ3n) is 3.27. The molecule has 0 amide bonds. The maximum atomic E-state index is 14.0. The first-order valence-corrected chi connectivity index (χ1v) is 7.40. The fourth-order valence-electron chi connectivity index (χ4n) is 2.15. The standard InChI is InChI=1S/C16H13FN2O2S/c1-9-3-5-13(12(17)7-9)18-16-11(8-20)10-4-6-14(21-2)19-15(10)22-16/h3-8,18H,1-2H3. The summed E-state index contributed by atoms with van der Waals surface area (Å²) < 4.78 is 19.0. The van der Waals surface area contributed by atoms with Crippen molar-refractivity contribution in [3.63, 3.8) is 0 Å². The number of aryl methyl sites for hydroxylation is 1. The number of methoxy groups -OCH3 is 1. The Morgan fingerprint density at radius 3 is 2.82 bits per heavy atom. The summed E-state index contributed by atoms with van der Waals surface area (Å²) in [5.74, 6) is 0.110. The molecule has 0 unspecified atom stereocenters. The van der Waals surface area contributed by atoms with Gasteiger partial charge >= 0.3 is 0 Å². The number of thiophene rings is 1. The van der Waals surface area contributed by atoms with Gasteiger partial charge < -0.3 is 10.1 Å². The maximum absolute atomic E-state index is 14.0. The molecule has 0 atom stereocenters. The number of pyridine rings is 1. The molecule has 6 heteroatoms. The average molecular weight is 316 g/mol. The quantitative estimate of drug-likeness (QED) is 0.729. The number of hydrogen-bond donors (Lipinski definition) is 1. The van der Waals surface area contributed by atoms with Gasteiger partial charge in [-0.3, -0.25) is 4.79 Å². The Labute approximate surface area is 130 Å². The van der Waals surface area contributed by atoms with Crippen molar-refractivity contribution < 1.29 is 13.9 Å². The van der Waals surface area contributed by atoms with Gasteiger partial charge in [-0.15, -0.1) is 0 Å². The summed E-state index contributed by atoms with van der Waals surface area (Å²) in [6.45, 7) is 1.82. The molecule has 2 heterocycles. The van der Waals surface area contributed by atoms with E-state index in [1.165, 1.54) is 24.5 Å². The Hall–Kier alpha value is -2.47. The van der Waals surface area contributed by atoms with Crippen LogP contribution in [0.5, 0.6) is 5.88 Å². The van der Waals surface area contributed by atoms with Gasteiger partial charge in [-0.1, -0.05) is 17.4 Å². The second-order valence-electron chi connectivity index (χ2n) is 4.78. The van der Waals surface area contributed by atoms with Gasteiger partial charge in [-0.25, -0.2) is 9.37 Å². The van der Waals surface area contributed by atoms with Crippen molar-refractivity contribution in [1.82, 2.24) is 4.98 Å². The molecule has 0 spiro atoms. The van der Waals surface area contributed by atoms with Crippen molar-refractivity contribution in [2.45, 2.75) is 6.92 Å². The van der Waals surface area contributed by atoms with Crippen LogP contribution in [0.4, 0.5) is 15.1 Å². The van der Waals surface area contributed by atoms with Crippen molar-refractivity contribution in [3.05, 3.63) is 47.3 Å². The van der Waals surface area contributed by atoms with Gasteiger partial charge in [0.1, 0.15) is 15.6 Å². The lowest BCUT2D eigenvalue weighted by Crippen LogP contribution is -1.94. The molecule has 2 aromatic heterocycles. The van der Waals surface area contributed by atoms with E-state index in [0.717, 1.165) is 17.2 Å². The number of nitrogens with one attached hydrogen (secondary N) is 1. The first-order chi connectivity index (χ1) is 10.6. The number of carbonyl (C=O) groups excluding carboxylic acids is 1. The number of rotatable bonds is 4. The van der Waals surface area contributed by atoms with E-state index in [1.807, 2.05) is 6.92 Å². The van der Waals surface area contributed by atoms with Crippen LogP contribution in [0, 0.1) is 12.7 Å². The highest BCUT2D eigenvalue weighted by atomic mass is 32.1. The lowest BCUT2D eigenvalue weighted by molar-refractivity contribution is 0.112. The molecular formula is C16H13FN2O2S. The maximum Gasteiger partial charge on any atom is 0.214 e. The highest BCUT2D eigenvalue weighted by Gasteiger charge is 2.15. The first kappa shape index (κ1) is 14.5. The van der Waals surface area contributed by atoms with Gasteiger partial charge in [0.15, 0.2) is 6.29 Å². The Balaban J connectivity index is 2.07. The van der Waals surface area contributed by atoms with Gasteiger partial charge in [-0.2, -0.15) is 0 Å². The minimum absolute atomic E-state index is 0.326. The molecule has 0 saturated heterocycles. The molecule has 0 aliphatic heterocycles. The van der Waals surface area contributed by atoms with E-state index in [2.05, 4.69) is 10.3 Å². The number of fused-ring (bicyclic) bond motifs is 1. The Morgan fingerprint density at radius 2 is 2.14 bits per heavy atom. The third-order valence-corrected chi connectivity index (χ3v) is 4.30. The van der Waals surface area contributed by atoms with E-state index in [1.54, 1.807) is 24.3 Å². The molecule has 0 aliphatic carbocycles. The van der Waals surface area contributed by atoms with E-state index in [4.69, 9.17) is 4.74 Å². The summed E-state index contributed by atoms with van der Waals surface area (Å²) in [5.41, 5.74) is 1.63. The number of carbonyl (C=O) groups is 1. The largest absolute Gasteiger partial charge is 0.481 e. The van der Waals surface area contributed by atoms with Gasteiger partial charge in [0.25, 0.3) is 0 Å². The summed E-state index contributed by atoms with van der Waals surface area (Å²) in [5, 5.41) is 4.26. The van der Waals surface area contributed by atoms with Gasteiger partial charge in [0.05, 0.1) is 18.4 Å². The van der Waals surface area contributed by atoms with Crippen molar-refractivity contribution in [3.8, 4) is 5.88 Å². The summed E-state index contributed by atoms with van der Waals surface area (Å²) in [6, 6.07) is 8.37. The predicted octanol–water partition coefficient (Wildman–Crippen LogP) is 4.31. The van der Waals surface area contributed by atoms with Crippen LogP contribution in [0.25, 0.3) is 10.2 Å². The second-order valence-corrected chi connectivity index (χ2v) is 5.78. The van der Waals surface area contributed by atoms with Gasteiger partial charge in [0.2, 0.25) is 5.88 Å². The summed E-state index contributed by atoms with van der Waals surface area (Å²) in [6.07, 6.45) is 0.751. The molecule has 1 aromatic carbocycles.